The van der Waals surface area contributed by atoms with E-state index in [4.69, 9.17) is 4.74 Å². The molecule has 0 aromatic heterocycles. The maximum Gasteiger partial charge on any atom is 0.313 e. The minimum absolute atomic E-state index is 0.0370. The maximum absolute atomic E-state index is 11.6. The number of hydrogen-bond donors (Lipinski definition) is 0. The van der Waals surface area contributed by atoms with Crippen LogP contribution in [0.4, 0.5) is 0 Å². The van der Waals surface area contributed by atoms with Crippen molar-refractivity contribution in [2.45, 2.75) is 32.9 Å². The summed E-state index contributed by atoms with van der Waals surface area (Å²) in [5.74, 6) is 0.368. The Kier molecular flexibility index (Phi) is 3.65. The van der Waals surface area contributed by atoms with Crippen molar-refractivity contribution < 1.29 is 9.53 Å². The van der Waals surface area contributed by atoms with Crippen LogP contribution in [-0.4, -0.2) is 18.3 Å². The summed E-state index contributed by atoms with van der Waals surface area (Å²) in [4.78, 5) is 12.9. The van der Waals surface area contributed by atoms with E-state index in [0.717, 1.165) is 0 Å². The minimum atomic E-state index is -0.0921. The van der Waals surface area contributed by atoms with Crippen LogP contribution in [0.3, 0.4) is 0 Å². The van der Waals surface area contributed by atoms with Gasteiger partial charge in [0.05, 0.1) is 13.0 Å². The van der Waals surface area contributed by atoms with Crippen LogP contribution in [0.15, 0.2) is 10.5 Å². The molecule has 1 rings (SSSR count). The van der Waals surface area contributed by atoms with Crippen LogP contribution >= 0.6 is 11.8 Å². The molecule has 0 aromatic carbocycles. The van der Waals surface area contributed by atoms with E-state index in [1.165, 1.54) is 17.6 Å². The Morgan fingerprint density at radius 3 is 2.43 bits per heavy atom. The highest BCUT2D eigenvalue weighted by Gasteiger charge is 2.39. The molecule has 1 heterocycles. The molecule has 0 radical (unpaired) electrons. The molecular weight excluding hydrogens is 196 g/mol. The average molecular weight is 214 g/mol. The molecule has 1 aliphatic rings. The smallest absolute Gasteiger partial charge is 0.313 e. The first-order valence-corrected chi connectivity index (χ1v) is 5.78. The van der Waals surface area contributed by atoms with Gasteiger partial charge in [-0.2, -0.15) is 0 Å². The zero-order valence-electron chi connectivity index (χ0n) is 9.46. The third-order valence-electron chi connectivity index (χ3n) is 2.78. The molecule has 0 saturated carbocycles. The second-order valence-corrected chi connectivity index (χ2v) is 5.46. The Balaban J connectivity index is 2.91. The zero-order chi connectivity index (χ0) is 10.9. The summed E-state index contributed by atoms with van der Waals surface area (Å²) in [5.41, 5.74) is 1.18. The molecule has 80 valence electrons. The SMILES string of the molecule is COC(=O)[C@@H]1C(C)=C(C)SC1C(C)C. The summed E-state index contributed by atoms with van der Waals surface area (Å²) in [7, 11) is 1.46. The molecule has 0 amide bonds. The highest BCUT2D eigenvalue weighted by molar-refractivity contribution is 8.04. The molecule has 0 aromatic rings. The lowest BCUT2D eigenvalue weighted by molar-refractivity contribution is -0.144. The van der Waals surface area contributed by atoms with Crippen LogP contribution in [0.5, 0.6) is 0 Å². The summed E-state index contributed by atoms with van der Waals surface area (Å²) in [6.07, 6.45) is 0. The molecule has 2 nitrogen and oxygen atoms in total. The van der Waals surface area contributed by atoms with E-state index >= 15 is 0 Å². The van der Waals surface area contributed by atoms with E-state index in [-0.39, 0.29) is 11.9 Å². The third kappa shape index (κ3) is 1.97. The number of rotatable bonds is 2. The number of carbonyl (C=O) groups is 1. The van der Waals surface area contributed by atoms with Crippen LogP contribution in [0, 0.1) is 11.8 Å². The van der Waals surface area contributed by atoms with Gasteiger partial charge in [0.15, 0.2) is 0 Å². The van der Waals surface area contributed by atoms with Gasteiger partial charge in [0.2, 0.25) is 0 Å². The summed E-state index contributed by atoms with van der Waals surface area (Å²) < 4.78 is 4.85. The predicted molar refractivity (Wildman–Crippen MR) is 60.1 cm³/mol. The van der Waals surface area contributed by atoms with Gasteiger partial charge in [-0.15, -0.1) is 11.8 Å². The molecule has 0 N–H and O–H groups in total. The van der Waals surface area contributed by atoms with E-state index in [2.05, 4.69) is 20.8 Å². The van der Waals surface area contributed by atoms with Crippen molar-refractivity contribution in [2.24, 2.45) is 11.8 Å². The Labute approximate surface area is 90.1 Å². The van der Waals surface area contributed by atoms with Crippen molar-refractivity contribution in [3.8, 4) is 0 Å². The summed E-state index contributed by atoms with van der Waals surface area (Å²) in [5, 5.41) is 0.349. The van der Waals surface area contributed by atoms with Crippen molar-refractivity contribution in [1.29, 1.82) is 0 Å². The van der Waals surface area contributed by atoms with Crippen LogP contribution in [-0.2, 0) is 9.53 Å². The number of allylic oxidation sites excluding steroid dienone is 1. The molecular formula is C11H18O2S. The minimum Gasteiger partial charge on any atom is -0.469 e. The quantitative estimate of drug-likeness (QED) is 0.661. The van der Waals surface area contributed by atoms with E-state index < -0.39 is 0 Å². The second-order valence-electron chi connectivity index (χ2n) is 4.07. The first kappa shape index (κ1) is 11.6. The molecule has 2 atom stereocenters. The van der Waals surface area contributed by atoms with Gasteiger partial charge in [-0.3, -0.25) is 4.79 Å². The molecule has 3 heteroatoms. The highest BCUT2D eigenvalue weighted by Crippen LogP contribution is 2.45. The second kappa shape index (κ2) is 4.39. The van der Waals surface area contributed by atoms with Gasteiger partial charge in [-0.05, 0) is 30.2 Å². The number of esters is 1. The Hall–Kier alpha value is -0.440. The van der Waals surface area contributed by atoms with Gasteiger partial charge in [-0.25, -0.2) is 0 Å². The lowest BCUT2D eigenvalue weighted by atomic mass is 9.90. The van der Waals surface area contributed by atoms with Crippen LogP contribution in [0.2, 0.25) is 0 Å². The van der Waals surface area contributed by atoms with Crippen LogP contribution in [0.25, 0.3) is 0 Å². The normalized spacial score (nSPS) is 27.3. The molecule has 14 heavy (non-hydrogen) atoms. The lowest BCUT2D eigenvalue weighted by Gasteiger charge is -2.21. The van der Waals surface area contributed by atoms with Crippen molar-refractivity contribution in [1.82, 2.24) is 0 Å². The van der Waals surface area contributed by atoms with E-state index in [1.54, 1.807) is 0 Å². The van der Waals surface area contributed by atoms with Gasteiger partial charge in [0.25, 0.3) is 0 Å². The Bertz CT molecular complexity index is 268. The van der Waals surface area contributed by atoms with Crippen molar-refractivity contribution in [2.75, 3.05) is 7.11 Å². The number of methoxy groups -OCH3 is 1. The fourth-order valence-corrected chi connectivity index (χ4v) is 3.23. The first-order chi connectivity index (χ1) is 6.49. The molecule has 1 aliphatic heterocycles. The van der Waals surface area contributed by atoms with Gasteiger partial charge in [-0.1, -0.05) is 13.8 Å². The topological polar surface area (TPSA) is 26.3 Å². The van der Waals surface area contributed by atoms with Crippen molar-refractivity contribution in [3.05, 3.63) is 10.5 Å². The Morgan fingerprint density at radius 2 is 2.00 bits per heavy atom. The highest BCUT2D eigenvalue weighted by atomic mass is 32.2. The van der Waals surface area contributed by atoms with Gasteiger partial charge >= 0.3 is 5.97 Å². The van der Waals surface area contributed by atoms with E-state index in [1.807, 2.05) is 18.7 Å². The number of hydrogen-bond acceptors (Lipinski definition) is 3. The fourth-order valence-electron chi connectivity index (χ4n) is 1.79. The predicted octanol–water partition coefficient (Wildman–Crippen LogP) is 2.84. The van der Waals surface area contributed by atoms with Crippen LogP contribution < -0.4 is 0 Å². The molecule has 1 unspecified atom stereocenters. The summed E-state index contributed by atoms with van der Waals surface area (Å²) in [6, 6.07) is 0. The van der Waals surface area contributed by atoms with E-state index in [9.17, 15) is 4.79 Å². The average Bonchev–Trinajstić information content (AvgIpc) is 2.43. The molecule has 0 aliphatic carbocycles. The molecule has 0 saturated heterocycles. The zero-order valence-corrected chi connectivity index (χ0v) is 10.3. The standard InChI is InChI=1S/C11H18O2S/c1-6(2)10-9(11(12)13-5)7(3)8(4)14-10/h6,9-10H,1-5H3/t9-,10?/m1/s1. The molecule has 0 fully saturated rings. The maximum atomic E-state index is 11.6. The van der Waals surface area contributed by atoms with Crippen molar-refractivity contribution >= 4 is 17.7 Å². The van der Waals surface area contributed by atoms with E-state index in [0.29, 0.717) is 11.2 Å². The number of ether oxygens (including phenoxy) is 1. The fraction of sp³-hybridized carbons (Fsp3) is 0.727. The number of thioether (sulfide) groups is 1. The first-order valence-electron chi connectivity index (χ1n) is 4.91. The third-order valence-corrected chi connectivity index (χ3v) is 4.54. The molecule has 0 bridgehead atoms. The summed E-state index contributed by atoms with van der Waals surface area (Å²) >= 11 is 1.81. The Morgan fingerprint density at radius 1 is 1.43 bits per heavy atom. The molecule has 0 spiro atoms. The van der Waals surface area contributed by atoms with Crippen LogP contribution in [0.1, 0.15) is 27.7 Å². The summed E-state index contributed by atoms with van der Waals surface area (Å²) in [6.45, 7) is 8.42. The largest absolute Gasteiger partial charge is 0.469 e. The monoisotopic (exact) mass is 214 g/mol. The van der Waals surface area contributed by atoms with Gasteiger partial charge < -0.3 is 4.74 Å². The van der Waals surface area contributed by atoms with Gasteiger partial charge in [0.1, 0.15) is 0 Å². The number of carbonyl (C=O) groups excluding carboxylic acids is 1. The van der Waals surface area contributed by atoms with Gasteiger partial charge in [0, 0.05) is 5.25 Å². The van der Waals surface area contributed by atoms with Crippen molar-refractivity contribution in [3.63, 3.8) is 0 Å². The lowest BCUT2D eigenvalue weighted by Crippen LogP contribution is -2.28.